The van der Waals surface area contributed by atoms with Crippen LogP contribution in [0.1, 0.15) is 18.9 Å². The molecule has 3 N–H and O–H groups in total. The van der Waals surface area contributed by atoms with Crippen LogP contribution in [0, 0.1) is 0 Å². The van der Waals surface area contributed by atoms with E-state index in [4.69, 9.17) is 15.2 Å². The Balaban J connectivity index is 0.00000264. The maximum absolute atomic E-state index is 12.1. The summed E-state index contributed by atoms with van der Waals surface area (Å²) in [7, 11) is -3.58. The Morgan fingerprint density at radius 1 is 1.48 bits per heavy atom. The minimum Gasteiger partial charge on any atom is -0.478 e. The number of fused-ring (bicyclic) bond motifs is 1. The van der Waals surface area contributed by atoms with E-state index in [0.717, 1.165) is 0 Å². The third-order valence-corrected chi connectivity index (χ3v) is 4.70. The monoisotopic (exact) mass is 364 g/mol. The number of carbonyl (C=O) groups excluding carboxylic acids is 1. The Morgan fingerprint density at radius 2 is 2.22 bits per heavy atom. The molecule has 7 nitrogen and oxygen atoms in total. The largest absolute Gasteiger partial charge is 0.478 e. The molecular weight excluding hydrogens is 344 g/mol. The lowest BCUT2D eigenvalue weighted by Crippen LogP contribution is -2.27. The topological polar surface area (TPSA) is 108 Å². The van der Waals surface area contributed by atoms with E-state index in [1.165, 1.54) is 12.1 Å². The SMILES string of the molecule is CCOC(=O)C1Cc2cc(S(=O)(=O)NCCCN)ccc2O1.Cl. The number of nitrogens with one attached hydrogen (secondary N) is 1. The third-order valence-electron chi connectivity index (χ3n) is 3.24. The lowest BCUT2D eigenvalue weighted by Gasteiger charge is -2.08. The zero-order valence-electron chi connectivity index (χ0n) is 12.8. The zero-order chi connectivity index (χ0) is 16.2. The number of ether oxygens (including phenoxy) is 2. The Bertz CT molecular complexity index is 651. The fraction of sp³-hybridized carbons (Fsp3) is 0.500. The van der Waals surface area contributed by atoms with E-state index < -0.39 is 22.1 Å². The maximum atomic E-state index is 12.1. The van der Waals surface area contributed by atoms with Gasteiger partial charge < -0.3 is 15.2 Å². The van der Waals surface area contributed by atoms with Crippen molar-refractivity contribution >= 4 is 28.4 Å². The first kappa shape index (κ1) is 19.7. The first-order valence-corrected chi connectivity index (χ1v) is 8.62. The smallest absolute Gasteiger partial charge is 0.347 e. The quantitative estimate of drug-likeness (QED) is 0.542. The molecule has 0 fully saturated rings. The summed E-state index contributed by atoms with van der Waals surface area (Å²) >= 11 is 0. The van der Waals surface area contributed by atoms with Gasteiger partial charge in [0.15, 0.2) is 6.10 Å². The van der Waals surface area contributed by atoms with Crippen LogP contribution >= 0.6 is 12.4 Å². The number of hydrogen-bond donors (Lipinski definition) is 2. The molecule has 0 amide bonds. The van der Waals surface area contributed by atoms with Crippen molar-refractivity contribution in [2.45, 2.75) is 30.8 Å². The van der Waals surface area contributed by atoms with Crippen LogP contribution in [0.25, 0.3) is 0 Å². The second kappa shape index (κ2) is 8.49. The van der Waals surface area contributed by atoms with Gasteiger partial charge in [-0.15, -0.1) is 12.4 Å². The van der Waals surface area contributed by atoms with Crippen LogP contribution in [0.15, 0.2) is 23.1 Å². The van der Waals surface area contributed by atoms with Gasteiger partial charge in [0.05, 0.1) is 11.5 Å². The molecule has 1 atom stereocenters. The number of halogens is 1. The molecule has 0 aromatic heterocycles. The molecule has 0 saturated heterocycles. The summed E-state index contributed by atoms with van der Waals surface area (Å²) in [5.74, 6) is 0.0724. The molecular formula is C14H21ClN2O5S. The van der Waals surface area contributed by atoms with Gasteiger partial charge in [0, 0.05) is 13.0 Å². The van der Waals surface area contributed by atoms with E-state index in [9.17, 15) is 13.2 Å². The lowest BCUT2D eigenvalue weighted by atomic mass is 10.1. The van der Waals surface area contributed by atoms with Gasteiger partial charge in [-0.2, -0.15) is 0 Å². The highest BCUT2D eigenvalue weighted by Crippen LogP contribution is 2.31. The van der Waals surface area contributed by atoms with E-state index in [1.54, 1.807) is 13.0 Å². The second-order valence-corrected chi connectivity index (χ2v) is 6.64. The van der Waals surface area contributed by atoms with Gasteiger partial charge in [-0.1, -0.05) is 0 Å². The number of carbonyl (C=O) groups is 1. The lowest BCUT2D eigenvalue weighted by molar-refractivity contribution is -0.150. The average Bonchev–Trinajstić information content (AvgIpc) is 2.90. The molecule has 0 aliphatic carbocycles. The summed E-state index contributed by atoms with van der Waals surface area (Å²) in [4.78, 5) is 11.8. The van der Waals surface area contributed by atoms with Crippen molar-refractivity contribution in [3.63, 3.8) is 0 Å². The predicted octanol–water partition coefficient (Wildman–Crippen LogP) is 0.602. The highest BCUT2D eigenvalue weighted by molar-refractivity contribution is 7.89. The molecule has 1 unspecified atom stereocenters. The third kappa shape index (κ3) is 4.81. The molecule has 0 spiro atoms. The molecule has 1 aromatic carbocycles. The first-order valence-electron chi connectivity index (χ1n) is 7.14. The van der Waals surface area contributed by atoms with E-state index in [2.05, 4.69) is 4.72 Å². The average molecular weight is 365 g/mol. The highest BCUT2D eigenvalue weighted by Gasteiger charge is 2.31. The summed E-state index contributed by atoms with van der Waals surface area (Å²) in [6.45, 7) is 2.71. The summed E-state index contributed by atoms with van der Waals surface area (Å²) in [6, 6.07) is 4.54. The molecule has 0 bridgehead atoms. The molecule has 1 aromatic rings. The van der Waals surface area contributed by atoms with Gasteiger partial charge in [-0.25, -0.2) is 17.9 Å². The van der Waals surface area contributed by atoms with Gasteiger partial charge in [-0.05, 0) is 43.7 Å². The zero-order valence-corrected chi connectivity index (χ0v) is 14.4. The molecule has 1 aliphatic heterocycles. The molecule has 130 valence electrons. The predicted molar refractivity (Wildman–Crippen MR) is 87.3 cm³/mol. The van der Waals surface area contributed by atoms with Crippen LogP contribution in [-0.4, -0.2) is 40.2 Å². The summed E-state index contributed by atoms with van der Waals surface area (Å²) in [5, 5.41) is 0. The summed E-state index contributed by atoms with van der Waals surface area (Å²) in [6.07, 6.45) is 0.163. The fourth-order valence-electron chi connectivity index (χ4n) is 2.15. The number of benzene rings is 1. The minimum atomic E-state index is -3.58. The highest BCUT2D eigenvalue weighted by atomic mass is 35.5. The molecule has 0 radical (unpaired) electrons. The summed E-state index contributed by atoms with van der Waals surface area (Å²) < 4.78 is 37.2. The van der Waals surface area contributed by atoms with Crippen LogP contribution in [-0.2, 0) is 26.0 Å². The van der Waals surface area contributed by atoms with Crippen molar-refractivity contribution < 1.29 is 22.7 Å². The van der Waals surface area contributed by atoms with Gasteiger partial charge in [0.1, 0.15) is 5.75 Å². The normalized spacial score (nSPS) is 16.2. The second-order valence-electron chi connectivity index (χ2n) is 4.87. The molecule has 1 aliphatic rings. The van der Waals surface area contributed by atoms with Crippen molar-refractivity contribution in [1.82, 2.24) is 4.72 Å². The van der Waals surface area contributed by atoms with Gasteiger partial charge in [-0.3, -0.25) is 0 Å². The number of sulfonamides is 1. The molecule has 1 heterocycles. The van der Waals surface area contributed by atoms with Crippen molar-refractivity contribution in [2.24, 2.45) is 5.73 Å². The van der Waals surface area contributed by atoms with E-state index in [-0.39, 0.29) is 30.5 Å². The first-order chi connectivity index (χ1) is 10.5. The van der Waals surface area contributed by atoms with E-state index >= 15 is 0 Å². The molecule has 2 rings (SSSR count). The Labute approximate surface area is 142 Å². The fourth-order valence-corrected chi connectivity index (χ4v) is 3.28. The number of hydrogen-bond acceptors (Lipinski definition) is 6. The standard InChI is InChI=1S/C14H20N2O5S.ClH/c1-2-20-14(17)13-9-10-8-11(4-5-12(10)21-13)22(18,19)16-7-3-6-15;/h4-5,8,13,16H,2-3,6-7,9,15H2,1H3;1H. The molecule has 0 saturated carbocycles. The van der Waals surface area contributed by atoms with Crippen molar-refractivity contribution in [3.05, 3.63) is 23.8 Å². The van der Waals surface area contributed by atoms with Crippen molar-refractivity contribution in [1.29, 1.82) is 0 Å². The van der Waals surface area contributed by atoms with Gasteiger partial charge in [0.25, 0.3) is 0 Å². The van der Waals surface area contributed by atoms with Crippen molar-refractivity contribution in [3.8, 4) is 5.75 Å². The number of nitrogens with two attached hydrogens (primary N) is 1. The Kier molecular flexibility index (Phi) is 7.27. The van der Waals surface area contributed by atoms with Crippen LogP contribution < -0.4 is 15.2 Å². The molecule has 23 heavy (non-hydrogen) atoms. The van der Waals surface area contributed by atoms with Crippen LogP contribution in [0.3, 0.4) is 0 Å². The van der Waals surface area contributed by atoms with Gasteiger partial charge >= 0.3 is 5.97 Å². The molecule has 9 heteroatoms. The van der Waals surface area contributed by atoms with E-state index in [1.807, 2.05) is 0 Å². The number of esters is 1. The Hall–Kier alpha value is -1.35. The van der Waals surface area contributed by atoms with E-state index in [0.29, 0.717) is 30.7 Å². The van der Waals surface area contributed by atoms with Crippen LogP contribution in [0.4, 0.5) is 0 Å². The van der Waals surface area contributed by atoms with Crippen LogP contribution in [0.5, 0.6) is 5.75 Å². The van der Waals surface area contributed by atoms with Crippen LogP contribution in [0.2, 0.25) is 0 Å². The summed E-state index contributed by atoms with van der Waals surface area (Å²) in [5.41, 5.74) is 6.02. The maximum Gasteiger partial charge on any atom is 0.347 e. The Morgan fingerprint density at radius 3 is 2.87 bits per heavy atom. The van der Waals surface area contributed by atoms with Crippen molar-refractivity contribution in [2.75, 3.05) is 19.7 Å². The number of rotatable bonds is 7. The minimum absolute atomic E-state index is 0. The van der Waals surface area contributed by atoms with Gasteiger partial charge in [0.2, 0.25) is 10.0 Å².